The minimum absolute atomic E-state index is 0.0201. The van der Waals surface area contributed by atoms with Gasteiger partial charge in [0.1, 0.15) is 12.6 Å². The van der Waals surface area contributed by atoms with Crippen LogP contribution < -0.4 is 5.32 Å². The number of amides is 1. The number of aliphatic carboxylic acids is 1. The number of hydrogen-bond donors (Lipinski definition) is 2. The third-order valence-electron chi connectivity index (χ3n) is 6.28. The van der Waals surface area contributed by atoms with Gasteiger partial charge < -0.3 is 15.2 Å². The highest BCUT2D eigenvalue weighted by Gasteiger charge is 2.14. The minimum atomic E-state index is -1.03. The Kier molecular flexibility index (Phi) is 23.4. The van der Waals surface area contributed by atoms with E-state index in [2.05, 4.69) is 19.2 Å². The number of hydrogen-bond acceptors (Lipinski definition) is 4. The third kappa shape index (κ3) is 23.6. The minimum Gasteiger partial charge on any atom is -0.480 e. The molecule has 34 heavy (non-hydrogen) atoms. The molecule has 6 heteroatoms. The topological polar surface area (TPSA) is 92.7 Å². The van der Waals surface area contributed by atoms with Gasteiger partial charge in [-0.15, -0.1) is 0 Å². The van der Waals surface area contributed by atoms with Crippen molar-refractivity contribution in [3.05, 3.63) is 0 Å². The lowest BCUT2D eigenvalue weighted by molar-refractivity contribution is -0.150. The molecule has 0 fully saturated rings. The second-order valence-corrected chi connectivity index (χ2v) is 9.66. The molecule has 200 valence electrons. The van der Waals surface area contributed by atoms with E-state index in [1.807, 2.05) is 0 Å². The van der Waals surface area contributed by atoms with Crippen LogP contribution in [0.3, 0.4) is 0 Å². The lowest BCUT2D eigenvalue weighted by atomic mass is 10.0. The standard InChI is InChI=1S/C28H53NO5/c1-3-5-7-9-10-11-12-13-14-19-23-28(33)34-25(20-16-8-6-4-2)21-17-15-18-22-26(30)29-24-27(31)32/h25H,3-24H2,1-2H3,(H,29,30)(H,31,32). The van der Waals surface area contributed by atoms with Gasteiger partial charge in [0.05, 0.1) is 0 Å². The lowest BCUT2D eigenvalue weighted by Crippen LogP contribution is -2.28. The summed E-state index contributed by atoms with van der Waals surface area (Å²) in [5.41, 5.74) is 0. The van der Waals surface area contributed by atoms with Gasteiger partial charge in [0.2, 0.25) is 5.91 Å². The summed E-state index contributed by atoms with van der Waals surface area (Å²) >= 11 is 0. The van der Waals surface area contributed by atoms with E-state index in [9.17, 15) is 14.4 Å². The van der Waals surface area contributed by atoms with Crippen LogP contribution in [-0.4, -0.2) is 35.6 Å². The Hall–Kier alpha value is -1.59. The largest absolute Gasteiger partial charge is 0.480 e. The van der Waals surface area contributed by atoms with Crippen LogP contribution in [-0.2, 0) is 19.1 Å². The molecule has 0 aromatic rings. The molecule has 2 N–H and O–H groups in total. The lowest BCUT2D eigenvalue weighted by Gasteiger charge is -2.18. The van der Waals surface area contributed by atoms with Gasteiger partial charge >= 0.3 is 11.9 Å². The molecule has 0 aromatic heterocycles. The van der Waals surface area contributed by atoms with Gasteiger partial charge in [-0.3, -0.25) is 14.4 Å². The van der Waals surface area contributed by atoms with Crippen LogP contribution in [0.15, 0.2) is 0 Å². The first kappa shape index (κ1) is 32.4. The summed E-state index contributed by atoms with van der Waals surface area (Å²) in [6.07, 6.45) is 22.3. The van der Waals surface area contributed by atoms with E-state index in [0.29, 0.717) is 12.8 Å². The zero-order chi connectivity index (χ0) is 25.3. The molecule has 1 unspecified atom stereocenters. The Balaban J connectivity index is 3.99. The molecular formula is C28H53NO5. The van der Waals surface area contributed by atoms with E-state index in [1.165, 1.54) is 70.6 Å². The smallest absolute Gasteiger partial charge is 0.322 e. The Morgan fingerprint density at radius 1 is 0.647 bits per heavy atom. The van der Waals surface area contributed by atoms with Crippen molar-refractivity contribution in [1.82, 2.24) is 5.32 Å². The molecule has 0 bridgehead atoms. The van der Waals surface area contributed by atoms with Crippen molar-refractivity contribution in [2.75, 3.05) is 6.54 Å². The van der Waals surface area contributed by atoms with E-state index < -0.39 is 5.97 Å². The molecule has 0 aliphatic carbocycles. The first-order chi connectivity index (χ1) is 16.5. The van der Waals surface area contributed by atoms with Crippen LogP contribution in [0.4, 0.5) is 0 Å². The van der Waals surface area contributed by atoms with Gasteiger partial charge in [0.15, 0.2) is 0 Å². The second-order valence-electron chi connectivity index (χ2n) is 9.66. The van der Waals surface area contributed by atoms with Crippen LogP contribution in [0.5, 0.6) is 0 Å². The van der Waals surface area contributed by atoms with Gasteiger partial charge in [-0.05, 0) is 38.5 Å². The SMILES string of the molecule is CCCCCCCCCCCCC(=O)OC(CCCCCC)CCCCCC(=O)NCC(=O)O. The number of esters is 1. The zero-order valence-corrected chi connectivity index (χ0v) is 22.2. The Morgan fingerprint density at radius 3 is 1.62 bits per heavy atom. The molecule has 1 amide bonds. The second kappa shape index (κ2) is 24.5. The molecule has 0 saturated carbocycles. The summed E-state index contributed by atoms with van der Waals surface area (Å²) in [5.74, 6) is -1.31. The normalized spacial score (nSPS) is 11.8. The van der Waals surface area contributed by atoms with Crippen molar-refractivity contribution in [3.63, 3.8) is 0 Å². The average molecular weight is 484 g/mol. The number of rotatable bonds is 25. The Labute approximate surface area is 209 Å². The maximum atomic E-state index is 12.4. The molecule has 0 rings (SSSR count). The van der Waals surface area contributed by atoms with Crippen molar-refractivity contribution < 1.29 is 24.2 Å². The van der Waals surface area contributed by atoms with Crippen molar-refractivity contribution in [2.24, 2.45) is 0 Å². The van der Waals surface area contributed by atoms with Crippen LogP contribution in [0, 0.1) is 0 Å². The third-order valence-corrected chi connectivity index (χ3v) is 6.28. The highest BCUT2D eigenvalue weighted by Crippen LogP contribution is 2.17. The van der Waals surface area contributed by atoms with Gasteiger partial charge in [-0.1, -0.05) is 97.3 Å². The van der Waals surface area contributed by atoms with E-state index in [1.54, 1.807) is 0 Å². The number of ether oxygens (including phenoxy) is 1. The summed E-state index contributed by atoms with van der Waals surface area (Å²) in [7, 11) is 0. The monoisotopic (exact) mass is 483 g/mol. The maximum absolute atomic E-state index is 12.4. The molecule has 0 saturated heterocycles. The number of carboxylic acids is 1. The van der Waals surface area contributed by atoms with Crippen LogP contribution >= 0.6 is 0 Å². The fourth-order valence-corrected chi connectivity index (χ4v) is 4.16. The number of nitrogens with one attached hydrogen (secondary N) is 1. The first-order valence-electron chi connectivity index (χ1n) is 14.2. The molecule has 0 aliphatic heterocycles. The van der Waals surface area contributed by atoms with Crippen molar-refractivity contribution >= 4 is 17.8 Å². The quantitative estimate of drug-likeness (QED) is 0.105. The highest BCUT2D eigenvalue weighted by molar-refractivity contribution is 5.80. The number of carbonyl (C=O) groups is 3. The first-order valence-corrected chi connectivity index (χ1v) is 14.2. The predicted octanol–water partition coefficient (Wildman–Crippen LogP) is 7.33. The van der Waals surface area contributed by atoms with Gasteiger partial charge in [-0.25, -0.2) is 0 Å². The van der Waals surface area contributed by atoms with E-state index in [-0.39, 0.29) is 24.5 Å². The molecule has 0 aliphatic rings. The zero-order valence-electron chi connectivity index (χ0n) is 22.2. The van der Waals surface area contributed by atoms with E-state index >= 15 is 0 Å². The molecule has 0 radical (unpaired) electrons. The van der Waals surface area contributed by atoms with Gasteiger partial charge in [0, 0.05) is 12.8 Å². The van der Waals surface area contributed by atoms with Crippen molar-refractivity contribution in [2.45, 2.75) is 155 Å². The summed E-state index contributed by atoms with van der Waals surface area (Å²) in [5, 5.41) is 11.0. The number of carbonyl (C=O) groups excluding carboxylic acids is 2. The fourth-order valence-electron chi connectivity index (χ4n) is 4.16. The molecule has 0 spiro atoms. The number of unbranched alkanes of at least 4 members (excludes halogenated alkanes) is 14. The van der Waals surface area contributed by atoms with Crippen LogP contribution in [0.2, 0.25) is 0 Å². The average Bonchev–Trinajstić information content (AvgIpc) is 2.81. The predicted molar refractivity (Wildman–Crippen MR) is 139 cm³/mol. The van der Waals surface area contributed by atoms with Crippen molar-refractivity contribution in [1.29, 1.82) is 0 Å². The summed E-state index contributed by atoms with van der Waals surface area (Å²) in [4.78, 5) is 34.4. The fraction of sp³-hybridized carbons (Fsp3) is 0.893. The van der Waals surface area contributed by atoms with Crippen molar-refractivity contribution in [3.8, 4) is 0 Å². The molecule has 0 aromatic carbocycles. The van der Waals surface area contributed by atoms with Gasteiger partial charge in [0.25, 0.3) is 0 Å². The molecular weight excluding hydrogens is 430 g/mol. The number of carboxylic acid groups (broad SMARTS) is 1. The van der Waals surface area contributed by atoms with Crippen LogP contribution in [0.25, 0.3) is 0 Å². The molecule has 0 heterocycles. The highest BCUT2D eigenvalue weighted by atomic mass is 16.5. The molecule has 1 atom stereocenters. The van der Waals surface area contributed by atoms with Gasteiger partial charge in [-0.2, -0.15) is 0 Å². The summed E-state index contributed by atoms with van der Waals surface area (Å²) in [6, 6.07) is 0. The summed E-state index contributed by atoms with van der Waals surface area (Å²) < 4.78 is 5.82. The van der Waals surface area contributed by atoms with E-state index in [4.69, 9.17) is 9.84 Å². The maximum Gasteiger partial charge on any atom is 0.322 e. The van der Waals surface area contributed by atoms with Crippen LogP contribution in [0.1, 0.15) is 149 Å². The Bertz CT molecular complexity index is 509. The van der Waals surface area contributed by atoms with E-state index in [0.717, 1.165) is 51.4 Å². The Morgan fingerprint density at radius 2 is 1.09 bits per heavy atom. The molecule has 6 nitrogen and oxygen atoms in total. The summed E-state index contributed by atoms with van der Waals surface area (Å²) in [6.45, 7) is 4.11.